The van der Waals surface area contributed by atoms with Gasteiger partial charge in [0.05, 0.1) is 0 Å². The molecule has 1 unspecified atom stereocenters. The molecule has 0 heterocycles. The highest BCUT2D eigenvalue weighted by Gasteiger charge is 2.08. The van der Waals surface area contributed by atoms with Crippen LogP contribution in [0.5, 0.6) is 0 Å². The summed E-state index contributed by atoms with van der Waals surface area (Å²) in [5.74, 6) is 0.693. The average Bonchev–Trinajstić information content (AvgIpc) is 2.39. The number of amides is 1. The van der Waals surface area contributed by atoms with Crippen LogP contribution >= 0.6 is 11.8 Å². The summed E-state index contributed by atoms with van der Waals surface area (Å²) >= 11 is 1.66. The van der Waals surface area contributed by atoms with Crippen LogP contribution in [0.4, 0.5) is 0 Å². The summed E-state index contributed by atoms with van der Waals surface area (Å²) in [4.78, 5) is 11.8. The standard InChI is InChI=1S/C15H21NO2S/c1-12-3-5-13(6-4-12)7-8-15(18)16-14(9-10-17)11-19-2/h3-8,14,17H,9-11H2,1-2H3,(H,16,18)/b8-7+. The van der Waals surface area contributed by atoms with Crippen LogP contribution in [-0.2, 0) is 4.79 Å². The number of aliphatic hydroxyl groups is 1. The fourth-order valence-corrected chi connectivity index (χ4v) is 2.31. The van der Waals surface area contributed by atoms with Crippen LogP contribution in [0.1, 0.15) is 17.5 Å². The van der Waals surface area contributed by atoms with E-state index in [9.17, 15) is 4.79 Å². The van der Waals surface area contributed by atoms with Crippen LogP contribution in [0.25, 0.3) is 6.08 Å². The number of carbonyl (C=O) groups excluding carboxylic acids is 1. The highest BCUT2D eigenvalue weighted by molar-refractivity contribution is 7.98. The topological polar surface area (TPSA) is 49.3 Å². The minimum Gasteiger partial charge on any atom is -0.396 e. The molecule has 0 radical (unpaired) electrons. The van der Waals surface area contributed by atoms with E-state index >= 15 is 0 Å². The molecule has 1 atom stereocenters. The van der Waals surface area contributed by atoms with E-state index in [4.69, 9.17) is 5.11 Å². The Balaban J connectivity index is 2.51. The molecule has 104 valence electrons. The zero-order chi connectivity index (χ0) is 14.1. The number of nitrogens with one attached hydrogen (secondary N) is 1. The van der Waals surface area contributed by atoms with Crippen molar-refractivity contribution in [3.8, 4) is 0 Å². The number of carbonyl (C=O) groups is 1. The highest BCUT2D eigenvalue weighted by atomic mass is 32.2. The lowest BCUT2D eigenvalue weighted by molar-refractivity contribution is -0.117. The molecule has 0 aliphatic heterocycles. The summed E-state index contributed by atoms with van der Waals surface area (Å²) in [5, 5.41) is 11.8. The number of aryl methyl sites for hydroxylation is 1. The van der Waals surface area contributed by atoms with Gasteiger partial charge in [-0.25, -0.2) is 0 Å². The van der Waals surface area contributed by atoms with Crippen LogP contribution in [-0.4, -0.2) is 35.7 Å². The summed E-state index contributed by atoms with van der Waals surface area (Å²) in [6, 6.07) is 8.01. The molecule has 1 aromatic rings. The third-order valence-electron chi connectivity index (χ3n) is 2.70. The van der Waals surface area contributed by atoms with Crippen molar-refractivity contribution in [3.63, 3.8) is 0 Å². The van der Waals surface area contributed by atoms with Crippen molar-refractivity contribution in [2.75, 3.05) is 18.6 Å². The molecule has 0 aromatic heterocycles. The largest absolute Gasteiger partial charge is 0.396 e. The van der Waals surface area contributed by atoms with E-state index in [1.54, 1.807) is 17.8 Å². The number of hydrogen-bond acceptors (Lipinski definition) is 3. The van der Waals surface area contributed by atoms with Gasteiger partial charge in [0.15, 0.2) is 0 Å². The van der Waals surface area contributed by atoms with Crippen molar-refractivity contribution in [1.29, 1.82) is 0 Å². The van der Waals surface area contributed by atoms with Crippen LogP contribution in [0.3, 0.4) is 0 Å². The van der Waals surface area contributed by atoms with Gasteiger partial charge in [0.25, 0.3) is 0 Å². The summed E-state index contributed by atoms with van der Waals surface area (Å²) < 4.78 is 0. The number of benzene rings is 1. The third-order valence-corrected chi connectivity index (χ3v) is 3.43. The van der Waals surface area contributed by atoms with Crippen molar-refractivity contribution in [2.24, 2.45) is 0 Å². The molecule has 0 bridgehead atoms. The molecule has 1 aromatic carbocycles. The summed E-state index contributed by atoms with van der Waals surface area (Å²) in [5.41, 5.74) is 2.20. The molecular formula is C15H21NO2S. The molecule has 0 spiro atoms. The molecule has 19 heavy (non-hydrogen) atoms. The zero-order valence-electron chi connectivity index (χ0n) is 11.4. The van der Waals surface area contributed by atoms with Crippen LogP contribution in [0.2, 0.25) is 0 Å². The maximum Gasteiger partial charge on any atom is 0.244 e. The Morgan fingerprint density at radius 1 is 1.42 bits per heavy atom. The number of aliphatic hydroxyl groups excluding tert-OH is 1. The fraction of sp³-hybridized carbons (Fsp3) is 0.400. The lowest BCUT2D eigenvalue weighted by Gasteiger charge is -2.15. The molecule has 3 nitrogen and oxygen atoms in total. The van der Waals surface area contributed by atoms with Gasteiger partial charge >= 0.3 is 0 Å². The third kappa shape index (κ3) is 6.45. The van der Waals surface area contributed by atoms with E-state index in [0.717, 1.165) is 11.3 Å². The van der Waals surface area contributed by atoms with Crippen molar-refractivity contribution < 1.29 is 9.90 Å². The Bertz CT molecular complexity index is 409. The molecule has 1 rings (SSSR count). The summed E-state index contributed by atoms with van der Waals surface area (Å²) in [6.45, 7) is 2.12. The maximum absolute atomic E-state index is 11.8. The first-order valence-corrected chi connectivity index (χ1v) is 7.70. The van der Waals surface area contributed by atoms with Gasteiger partial charge < -0.3 is 10.4 Å². The van der Waals surface area contributed by atoms with Crippen molar-refractivity contribution in [1.82, 2.24) is 5.32 Å². The van der Waals surface area contributed by atoms with E-state index in [1.807, 2.05) is 37.4 Å². The van der Waals surface area contributed by atoms with Gasteiger partial charge in [0.1, 0.15) is 0 Å². The molecule has 0 aliphatic rings. The zero-order valence-corrected chi connectivity index (χ0v) is 12.2. The van der Waals surface area contributed by atoms with Crippen molar-refractivity contribution in [2.45, 2.75) is 19.4 Å². The van der Waals surface area contributed by atoms with Crippen LogP contribution in [0.15, 0.2) is 30.3 Å². The fourth-order valence-electron chi connectivity index (χ4n) is 1.65. The van der Waals surface area contributed by atoms with Crippen molar-refractivity contribution in [3.05, 3.63) is 41.5 Å². The van der Waals surface area contributed by atoms with E-state index in [1.165, 1.54) is 11.6 Å². The molecule has 1 amide bonds. The molecule has 0 fully saturated rings. The second-order valence-electron chi connectivity index (χ2n) is 4.42. The number of rotatable bonds is 7. The highest BCUT2D eigenvalue weighted by Crippen LogP contribution is 2.05. The molecule has 2 N–H and O–H groups in total. The summed E-state index contributed by atoms with van der Waals surface area (Å²) in [6.07, 6.45) is 5.91. The van der Waals surface area contributed by atoms with E-state index in [-0.39, 0.29) is 18.6 Å². The molecule has 4 heteroatoms. The number of hydrogen-bond donors (Lipinski definition) is 2. The molecule has 0 saturated carbocycles. The molecular weight excluding hydrogens is 258 g/mol. The first kappa shape index (κ1) is 15.8. The lowest BCUT2D eigenvalue weighted by Crippen LogP contribution is -2.36. The van der Waals surface area contributed by atoms with Gasteiger partial charge in [0, 0.05) is 24.5 Å². The predicted octanol–water partition coefficient (Wildman–Crippen LogP) is 2.24. The Labute approximate surface area is 119 Å². The summed E-state index contributed by atoms with van der Waals surface area (Å²) in [7, 11) is 0. The van der Waals surface area contributed by atoms with E-state index in [0.29, 0.717) is 6.42 Å². The van der Waals surface area contributed by atoms with Gasteiger partial charge in [-0.05, 0) is 31.2 Å². The quantitative estimate of drug-likeness (QED) is 0.753. The van der Waals surface area contributed by atoms with E-state index in [2.05, 4.69) is 5.32 Å². The molecule has 0 aliphatic carbocycles. The van der Waals surface area contributed by atoms with Gasteiger partial charge in [-0.1, -0.05) is 29.8 Å². The Morgan fingerprint density at radius 2 is 2.11 bits per heavy atom. The van der Waals surface area contributed by atoms with Gasteiger partial charge in [-0.2, -0.15) is 11.8 Å². The van der Waals surface area contributed by atoms with Crippen molar-refractivity contribution >= 4 is 23.7 Å². The maximum atomic E-state index is 11.8. The minimum atomic E-state index is -0.118. The normalized spacial score (nSPS) is 12.6. The van der Waals surface area contributed by atoms with Crippen LogP contribution < -0.4 is 5.32 Å². The molecule has 0 saturated heterocycles. The average molecular weight is 279 g/mol. The van der Waals surface area contributed by atoms with Gasteiger partial charge in [0.2, 0.25) is 5.91 Å². The second-order valence-corrected chi connectivity index (χ2v) is 5.33. The minimum absolute atomic E-state index is 0.0233. The Kier molecular flexibility index (Phi) is 7.30. The first-order valence-electron chi connectivity index (χ1n) is 6.30. The van der Waals surface area contributed by atoms with Crippen LogP contribution in [0, 0.1) is 6.92 Å². The SMILES string of the molecule is CSCC(CCO)NC(=O)/C=C/c1ccc(C)cc1. The second kappa shape index (κ2) is 8.77. The number of thioether (sulfide) groups is 1. The monoisotopic (exact) mass is 279 g/mol. The first-order chi connectivity index (χ1) is 9.15. The predicted molar refractivity (Wildman–Crippen MR) is 82.2 cm³/mol. The smallest absolute Gasteiger partial charge is 0.244 e. The Hall–Kier alpha value is -1.26. The van der Waals surface area contributed by atoms with Gasteiger partial charge in [-0.15, -0.1) is 0 Å². The van der Waals surface area contributed by atoms with Gasteiger partial charge in [-0.3, -0.25) is 4.79 Å². The van der Waals surface area contributed by atoms with E-state index < -0.39 is 0 Å². The Morgan fingerprint density at radius 3 is 2.68 bits per heavy atom. The lowest BCUT2D eigenvalue weighted by atomic mass is 10.1.